The van der Waals surface area contributed by atoms with Crippen molar-refractivity contribution in [2.24, 2.45) is 5.73 Å². The highest BCUT2D eigenvalue weighted by Crippen LogP contribution is 2.26. The second-order valence-electron chi connectivity index (χ2n) is 5.16. The summed E-state index contributed by atoms with van der Waals surface area (Å²) in [5, 5.41) is 2.70. The number of halogens is 2. The number of nitrogens with two attached hydrogens (primary N) is 1. The molecule has 2 aromatic carbocycles. The van der Waals surface area contributed by atoms with E-state index < -0.39 is 17.8 Å². The van der Waals surface area contributed by atoms with Gasteiger partial charge < -0.3 is 15.8 Å². The van der Waals surface area contributed by atoms with Crippen molar-refractivity contribution in [1.82, 2.24) is 0 Å². The van der Waals surface area contributed by atoms with Gasteiger partial charge in [-0.15, -0.1) is 0 Å². The van der Waals surface area contributed by atoms with Crippen molar-refractivity contribution in [2.75, 3.05) is 5.32 Å². The normalized spacial score (nSPS) is 11.6. The molecule has 126 valence electrons. The summed E-state index contributed by atoms with van der Waals surface area (Å²) in [5.74, 6) is -0.800. The van der Waals surface area contributed by atoms with Crippen LogP contribution in [0.25, 0.3) is 0 Å². The summed E-state index contributed by atoms with van der Waals surface area (Å²) in [6, 6.07) is 10.7. The summed E-state index contributed by atoms with van der Waals surface area (Å²) in [6.07, 6.45) is -0.635. The third-order valence-corrected chi connectivity index (χ3v) is 3.79. The minimum Gasteiger partial charge on any atom is -0.480 e. The Hall–Kier alpha value is -2.41. The van der Waals surface area contributed by atoms with E-state index in [1.807, 2.05) is 0 Å². The summed E-state index contributed by atoms with van der Waals surface area (Å²) in [4.78, 5) is 23.0. The number of anilines is 1. The van der Waals surface area contributed by atoms with Crippen molar-refractivity contribution < 1.29 is 18.7 Å². The number of nitrogens with one attached hydrogen (secondary N) is 1. The van der Waals surface area contributed by atoms with E-state index in [9.17, 15) is 14.0 Å². The Bertz CT molecular complexity index is 750. The number of amides is 2. The molecule has 0 spiro atoms. The van der Waals surface area contributed by atoms with Gasteiger partial charge in [-0.3, -0.25) is 9.59 Å². The molecule has 1 atom stereocenters. The van der Waals surface area contributed by atoms with Crippen LogP contribution in [0.3, 0.4) is 0 Å². The molecule has 2 aromatic rings. The highest BCUT2D eigenvalue weighted by Gasteiger charge is 2.16. The van der Waals surface area contributed by atoms with Gasteiger partial charge in [-0.1, -0.05) is 12.1 Å². The van der Waals surface area contributed by atoms with Crippen LogP contribution < -0.4 is 15.8 Å². The summed E-state index contributed by atoms with van der Waals surface area (Å²) in [5.41, 5.74) is 6.46. The van der Waals surface area contributed by atoms with E-state index in [2.05, 4.69) is 21.2 Å². The van der Waals surface area contributed by atoms with Gasteiger partial charge in [-0.05, 0) is 58.7 Å². The van der Waals surface area contributed by atoms with Crippen molar-refractivity contribution in [3.63, 3.8) is 0 Å². The van der Waals surface area contributed by atoms with Gasteiger partial charge in [0.05, 0.1) is 10.9 Å². The molecule has 0 radical (unpaired) electrons. The number of carbonyl (C=O) groups excluding carboxylic acids is 2. The largest absolute Gasteiger partial charge is 0.480 e. The number of hydrogen-bond donors (Lipinski definition) is 2. The molecular formula is C17H16BrFN2O3. The molecule has 0 fully saturated rings. The summed E-state index contributed by atoms with van der Waals surface area (Å²) in [6.45, 7) is 1.59. The minimum atomic E-state index is -0.781. The van der Waals surface area contributed by atoms with Gasteiger partial charge in [0, 0.05) is 5.69 Å². The molecule has 0 aliphatic heterocycles. The van der Waals surface area contributed by atoms with E-state index in [1.54, 1.807) is 31.2 Å². The monoisotopic (exact) mass is 394 g/mol. The zero-order valence-electron chi connectivity index (χ0n) is 12.9. The lowest BCUT2D eigenvalue weighted by Crippen LogP contribution is -2.30. The first kappa shape index (κ1) is 17.9. The third kappa shape index (κ3) is 5.06. The first-order chi connectivity index (χ1) is 11.3. The molecule has 0 saturated heterocycles. The van der Waals surface area contributed by atoms with Gasteiger partial charge >= 0.3 is 0 Å². The van der Waals surface area contributed by atoms with Crippen molar-refractivity contribution in [2.45, 2.75) is 19.4 Å². The summed E-state index contributed by atoms with van der Waals surface area (Å²) >= 11 is 3.18. The molecule has 0 heterocycles. The molecule has 0 aliphatic carbocycles. The fraction of sp³-hybridized carbons (Fsp3) is 0.176. The maximum absolute atomic E-state index is 13.0. The zero-order valence-corrected chi connectivity index (χ0v) is 14.5. The zero-order chi connectivity index (χ0) is 17.7. The van der Waals surface area contributed by atoms with Crippen LogP contribution >= 0.6 is 15.9 Å². The Balaban J connectivity index is 1.97. The van der Waals surface area contributed by atoms with E-state index in [-0.39, 0.29) is 12.3 Å². The van der Waals surface area contributed by atoms with Crippen LogP contribution in [0.1, 0.15) is 12.5 Å². The number of benzene rings is 2. The number of carbonyl (C=O) groups is 2. The lowest BCUT2D eigenvalue weighted by Gasteiger charge is -2.16. The molecule has 0 aromatic heterocycles. The number of ether oxygens (including phenoxy) is 1. The first-order valence-electron chi connectivity index (χ1n) is 7.15. The van der Waals surface area contributed by atoms with E-state index in [4.69, 9.17) is 10.5 Å². The lowest BCUT2D eigenvalue weighted by molar-refractivity contribution is -0.122. The third-order valence-electron chi connectivity index (χ3n) is 3.17. The average Bonchev–Trinajstić information content (AvgIpc) is 2.51. The van der Waals surface area contributed by atoms with Crippen LogP contribution in [0.15, 0.2) is 46.9 Å². The number of hydrogen-bond acceptors (Lipinski definition) is 3. The Kier molecular flexibility index (Phi) is 5.92. The predicted octanol–water partition coefficient (Wildman–Crippen LogP) is 3.02. The van der Waals surface area contributed by atoms with Crippen molar-refractivity contribution >= 4 is 33.4 Å². The molecule has 1 unspecified atom stereocenters. The van der Waals surface area contributed by atoms with Crippen LogP contribution in [0.5, 0.6) is 5.75 Å². The molecule has 3 N–H and O–H groups in total. The lowest BCUT2D eigenvalue weighted by atomic mass is 10.1. The Morgan fingerprint density at radius 3 is 2.50 bits per heavy atom. The second-order valence-corrected chi connectivity index (χ2v) is 6.02. The van der Waals surface area contributed by atoms with Crippen molar-refractivity contribution in [3.05, 3.63) is 58.3 Å². The second kappa shape index (κ2) is 7.92. The maximum Gasteiger partial charge on any atom is 0.265 e. The Morgan fingerprint density at radius 1 is 1.25 bits per heavy atom. The van der Waals surface area contributed by atoms with Crippen LogP contribution in [-0.4, -0.2) is 17.9 Å². The fourth-order valence-electron chi connectivity index (χ4n) is 1.97. The standard InChI is InChI=1S/C17H16BrFN2O3/c1-10(24-15-7-4-12(19)9-14(15)18)17(23)21-13-5-2-11(3-6-13)8-16(20)22/h2-7,9-10H,8H2,1H3,(H2,20,22)(H,21,23). The highest BCUT2D eigenvalue weighted by atomic mass is 79.9. The molecule has 24 heavy (non-hydrogen) atoms. The molecule has 7 heteroatoms. The average molecular weight is 395 g/mol. The SMILES string of the molecule is CC(Oc1ccc(F)cc1Br)C(=O)Nc1ccc(CC(N)=O)cc1. The van der Waals surface area contributed by atoms with Gasteiger partial charge in [-0.25, -0.2) is 4.39 Å². The van der Waals surface area contributed by atoms with Crippen LogP contribution in [0.4, 0.5) is 10.1 Å². The molecule has 0 saturated carbocycles. The summed E-state index contributed by atoms with van der Waals surface area (Å²) < 4.78 is 19.0. The smallest absolute Gasteiger partial charge is 0.265 e. The quantitative estimate of drug-likeness (QED) is 0.789. The predicted molar refractivity (Wildman–Crippen MR) is 92.2 cm³/mol. The maximum atomic E-state index is 13.0. The van der Waals surface area contributed by atoms with Gasteiger partial charge in [0.25, 0.3) is 5.91 Å². The number of rotatable bonds is 6. The van der Waals surface area contributed by atoms with E-state index in [0.29, 0.717) is 15.9 Å². The van der Waals surface area contributed by atoms with E-state index >= 15 is 0 Å². The van der Waals surface area contributed by atoms with Crippen LogP contribution in [0, 0.1) is 5.82 Å². The topological polar surface area (TPSA) is 81.4 Å². The minimum absolute atomic E-state index is 0.145. The number of primary amides is 1. The molecule has 0 aliphatic rings. The molecule has 5 nitrogen and oxygen atoms in total. The van der Waals surface area contributed by atoms with Gasteiger partial charge in [0.15, 0.2) is 6.10 Å². The van der Waals surface area contributed by atoms with Gasteiger partial charge in [0.1, 0.15) is 11.6 Å². The van der Waals surface area contributed by atoms with Crippen LogP contribution in [-0.2, 0) is 16.0 Å². The molecule has 0 bridgehead atoms. The van der Waals surface area contributed by atoms with E-state index in [0.717, 1.165) is 5.56 Å². The van der Waals surface area contributed by atoms with Gasteiger partial charge in [0.2, 0.25) is 5.91 Å². The first-order valence-corrected chi connectivity index (χ1v) is 7.94. The summed E-state index contributed by atoms with van der Waals surface area (Å²) in [7, 11) is 0. The van der Waals surface area contributed by atoms with E-state index in [1.165, 1.54) is 18.2 Å². The van der Waals surface area contributed by atoms with Crippen LogP contribution in [0.2, 0.25) is 0 Å². The fourth-order valence-corrected chi connectivity index (χ4v) is 2.41. The van der Waals surface area contributed by atoms with Crippen molar-refractivity contribution in [3.8, 4) is 5.75 Å². The van der Waals surface area contributed by atoms with Gasteiger partial charge in [-0.2, -0.15) is 0 Å². The van der Waals surface area contributed by atoms with Crippen molar-refractivity contribution in [1.29, 1.82) is 0 Å². The molecule has 2 rings (SSSR count). The molecule has 2 amide bonds. The molecular weight excluding hydrogens is 379 g/mol. The Labute approximate surface area is 147 Å². The Morgan fingerprint density at radius 2 is 1.92 bits per heavy atom. The highest BCUT2D eigenvalue weighted by molar-refractivity contribution is 9.10.